The molecule has 1 aliphatic rings. The standard InChI is InChI=1S/C14H14ClFN4OS/c15-13-12(17-18-22-13)9-19-5-7-20(8-6-19)14(21)10-1-3-11(16)4-2-10/h1-4H,5-9H2. The third kappa shape index (κ3) is 3.43. The van der Waals surface area contributed by atoms with Crippen molar-refractivity contribution in [2.24, 2.45) is 0 Å². The van der Waals surface area contributed by atoms with Crippen molar-refractivity contribution in [1.82, 2.24) is 19.4 Å². The van der Waals surface area contributed by atoms with Gasteiger partial charge in [-0.15, -0.1) is 5.10 Å². The predicted octanol–water partition coefficient (Wildman–Crippen LogP) is 2.29. The number of hydrogen-bond acceptors (Lipinski definition) is 5. The van der Waals surface area contributed by atoms with Gasteiger partial charge in [0.05, 0.1) is 0 Å². The van der Waals surface area contributed by atoms with E-state index in [2.05, 4.69) is 14.5 Å². The van der Waals surface area contributed by atoms with E-state index in [0.29, 0.717) is 29.5 Å². The number of aromatic nitrogens is 2. The topological polar surface area (TPSA) is 49.3 Å². The van der Waals surface area contributed by atoms with Gasteiger partial charge in [-0.2, -0.15) is 0 Å². The summed E-state index contributed by atoms with van der Waals surface area (Å²) in [4.78, 5) is 16.3. The highest BCUT2D eigenvalue weighted by atomic mass is 35.5. The van der Waals surface area contributed by atoms with Crippen molar-refractivity contribution in [1.29, 1.82) is 0 Å². The molecule has 0 radical (unpaired) electrons. The Labute approximate surface area is 136 Å². The van der Waals surface area contributed by atoms with Gasteiger partial charge in [-0.05, 0) is 24.3 Å². The predicted molar refractivity (Wildman–Crippen MR) is 82.5 cm³/mol. The van der Waals surface area contributed by atoms with E-state index < -0.39 is 0 Å². The zero-order chi connectivity index (χ0) is 15.5. The molecular weight excluding hydrogens is 327 g/mol. The van der Waals surface area contributed by atoms with Gasteiger partial charge in [0.2, 0.25) is 0 Å². The molecule has 22 heavy (non-hydrogen) atoms. The third-order valence-corrected chi connectivity index (χ3v) is 4.62. The minimum atomic E-state index is -0.338. The number of amides is 1. The third-order valence-electron chi connectivity index (χ3n) is 3.63. The molecule has 0 N–H and O–H groups in total. The Hall–Kier alpha value is -1.57. The van der Waals surface area contributed by atoms with Gasteiger partial charge in [0.15, 0.2) is 0 Å². The monoisotopic (exact) mass is 340 g/mol. The number of benzene rings is 1. The van der Waals surface area contributed by atoms with Crippen LogP contribution in [0.25, 0.3) is 0 Å². The van der Waals surface area contributed by atoms with Gasteiger partial charge in [0.25, 0.3) is 5.91 Å². The van der Waals surface area contributed by atoms with Crippen LogP contribution in [0.2, 0.25) is 4.34 Å². The highest BCUT2D eigenvalue weighted by Gasteiger charge is 2.23. The summed E-state index contributed by atoms with van der Waals surface area (Å²) in [7, 11) is 0. The molecule has 0 aliphatic carbocycles. The van der Waals surface area contributed by atoms with Gasteiger partial charge in [0, 0.05) is 49.8 Å². The van der Waals surface area contributed by atoms with Crippen LogP contribution in [-0.4, -0.2) is 51.5 Å². The molecule has 2 heterocycles. The maximum Gasteiger partial charge on any atom is 0.253 e. The number of carbonyl (C=O) groups is 1. The number of piperazine rings is 1. The molecule has 1 aromatic carbocycles. The van der Waals surface area contributed by atoms with Gasteiger partial charge in [-0.3, -0.25) is 9.69 Å². The molecule has 1 aliphatic heterocycles. The van der Waals surface area contributed by atoms with E-state index in [9.17, 15) is 9.18 Å². The van der Waals surface area contributed by atoms with Crippen molar-refractivity contribution in [2.75, 3.05) is 26.2 Å². The largest absolute Gasteiger partial charge is 0.336 e. The Morgan fingerprint density at radius 3 is 2.50 bits per heavy atom. The van der Waals surface area contributed by atoms with E-state index in [1.54, 1.807) is 4.90 Å². The van der Waals surface area contributed by atoms with Gasteiger partial charge >= 0.3 is 0 Å². The SMILES string of the molecule is O=C(c1ccc(F)cc1)N1CCN(Cc2nnsc2Cl)CC1. The van der Waals surface area contributed by atoms with Crippen LogP contribution in [0.5, 0.6) is 0 Å². The zero-order valence-electron chi connectivity index (χ0n) is 11.7. The number of rotatable bonds is 3. The van der Waals surface area contributed by atoms with Crippen molar-refractivity contribution in [3.63, 3.8) is 0 Å². The molecule has 5 nitrogen and oxygen atoms in total. The first-order chi connectivity index (χ1) is 10.6. The second-order valence-corrected chi connectivity index (χ2v) is 6.42. The van der Waals surface area contributed by atoms with Crippen molar-refractivity contribution >= 4 is 29.0 Å². The average Bonchev–Trinajstić information content (AvgIpc) is 2.93. The fourth-order valence-corrected chi connectivity index (χ4v) is 3.00. The number of carbonyl (C=O) groups excluding carboxylic acids is 1. The molecular formula is C14H14ClFN4OS. The molecule has 0 saturated carbocycles. The summed E-state index contributed by atoms with van der Waals surface area (Å²) >= 11 is 7.18. The van der Waals surface area contributed by atoms with Crippen LogP contribution in [-0.2, 0) is 6.54 Å². The molecule has 0 spiro atoms. The first-order valence-electron chi connectivity index (χ1n) is 6.87. The minimum absolute atomic E-state index is 0.0620. The van der Waals surface area contributed by atoms with Gasteiger partial charge in [-0.25, -0.2) is 4.39 Å². The summed E-state index contributed by atoms with van der Waals surface area (Å²) < 4.78 is 17.3. The number of nitrogens with zero attached hydrogens (tertiary/aromatic N) is 4. The second kappa shape index (κ2) is 6.68. The molecule has 1 aromatic heterocycles. The van der Waals surface area contributed by atoms with Crippen molar-refractivity contribution < 1.29 is 9.18 Å². The van der Waals surface area contributed by atoms with E-state index in [0.717, 1.165) is 18.8 Å². The van der Waals surface area contributed by atoms with Crippen LogP contribution in [0.3, 0.4) is 0 Å². The molecule has 116 valence electrons. The van der Waals surface area contributed by atoms with Crippen LogP contribution in [0, 0.1) is 5.82 Å². The lowest BCUT2D eigenvalue weighted by molar-refractivity contribution is 0.0627. The van der Waals surface area contributed by atoms with Crippen LogP contribution in [0.1, 0.15) is 16.1 Å². The minimum Gasteiger partial charge on any atom is -0.336 e. The van der Waals surface area contributed by atoms with Crippen molar-refractivity contribution in [2.45, 2.75) is 6.54 Å². The summed E-state index contributed by atoms with van der Waals surface area (Å²) in [5, 5.41) is 4.00. The smallest absolute Gasteiger partial charge is 0.253 e. The molecule has 3 rings (SSSR count). The zero-order valence-corrected chi connectivity index (χ0v) is 13.3. The number of halogens is 2. The van der Waals surface area contributed by atoms with Crippen LogP contribution in [0.15, 0.2) is 24.3 Å². The van der Waals surface area contributed by atoms with E-state index >= 15 is 0 Å². The van der Waals surface area contributed by atoms with Crippen LogP contribution >= 0.6 is 23.1 Å². The fourth-order valence-electron chi connectivity index (χ4n) is 2.39. The van der Waals surface area contributed by atoms with Gasteiger partial charge in [-0.1, -0.05) is 16.1 Å². The first kappa shape index (κ1) is 15.3. The molecule has 0 atom stereocenters. The Bertz CT molecular complexity index is 655. The maximum absolute atomic E-state index is 12.9. The summed E-state index contributed by atoms with van der Waals surface area (Å²) in [6.45, 7) is 3.41. The van der Waals surface area contributed by atoms with E-state index in [-0.39, 0.29) is 11.7 Å². The van der Waals surface area contributed by atoms with Gasteiger partial charge < -0.3 is 4.90 Å². The van der Waals surface area contributed by atoms with Crippen molar-refractivity contribution in [3.05, 3.63) is 45.7 Å². The quantitative estimate of drug-likeness (QED) is 0.860. The lowest BCUT2D eigenvalue weighted by atomic mass is 10.1. The maximum atomic E-state index is 12.9. The van der Waals surface area contributed by atoms with Crippen LogP contribution in [0.4, 0.5) is 4.39 Å². The lowest BCUT2D eigenvalue weighted by Crippen LogP contribution is -2.48. The lowest BCUT2D eigenvalue weighted by Gasteiger charge is -2.34. The molecule has 0 unspecified atom stereocenters. The Balaban J connectivity index is 1.56. The number of hydrogen-bond donors (Lipinski definition) is 0. The summed E-state index contributed by atoms with van der Waals surface area (Å²) in [6, 6.07) is 5.65. The second-order valence-electron chi connectivity index (χ2n) is 5.07. The molecule has 0 bridgehead atoms. The van der Waals surface area contributed by atoms with E-state index in [1.165, 1.54) is 35.8 Å². The Morgan fingerprint density at radius 1 is 1.23 bits per heavy atom. The first-order valence-corrected chi connectivity index (χ1v) is 8.02. The summed E-state index contributed by atoms with van der Waals surface area (Å²) in [5.74, 6) is -0.400. The highest BCUT2D eigenvalue weighted by Crippen LogP contribution is 2.19. The Kier molecular flexibility index (Phi) is 4.66. The molecule has 1 amide bonds. The summed E-state index contributed by atoms with van der Waals surface area (Å²) in [5.41, 5.74) is 1.30. The van der Waals surface area contributed by atoms with Gasteiger partial charge in [0.1, 0.15) is 15.8 Å². The average molecular weight is 341 g/mol. The molecule has 2 aromatic rings. The molecule has 8 heteroatoms. The highest BCUT2D eigenvalue weighted by molar-refractivity contribution is 7.10. The van der Waals surface area contributed by atoms with E-state index in [1.807, 2.05) is 0 Å². The summed E-state index contributed by atoms with van der Waals surface area (Å²) in [6.07, 6.45) is 0. The van der Waals surface area contributed by atoms with Crippen LogP contribution < -0.4 is 0 Å². The van der Waals surface area contributed by atoms with Crippen molar-refractivity contribution in [3.8, 4) is 0 Å². The van der Waals surface area contributed by atoms with E-state index in [4.69, 9.17) is 11.6 Å². The molecule has 1 saturated heterocycles. The normalized spacial score (nSPS) is 16.0. The Morgan fingerprint density at radius 2 is 1.91 bits per heavy atom. The fraction of sp³-hybridized carbons (Fsp3) is 0.357. The molecule has 1 fully saturated rings.